The number of ether oxygens (including phenoxy) is 1. The molecular weight excluding hydrogens is 276 g/mol. The number of hydrogen-bond donors (Lipinski definition) is 1. The molecule has 4 saturated carbocycles. The predicted octanol–water partition coefficient (Wildman–Crippen LogP) is 2.00. The topological polar surface area (TPSA) is 46.1 Å². The third-order valence-corrected chi connectivity index (χ3v) is 6.86. The molecular formula is C18H31N2O2+. The van der Waals surface area contributed by atoms with Crippen molar-refractivity contribution in [1.82, 2.24) is 4.90 Å². The number of nitrogens with zero attached hydrogens (tertiary/aromatic N) is 1. The zero-order valence-corrected chi connectivity index (χ0v) is 13.9. The molecule has 0 atom stereocenters. The number of amides is 1. The Morgan fingerprint density at radius 2 is 1.64 bits per heavy atom. The fourth-order valence-corrected chi connectivity index (χ4v) is 6.09. The zero-order chi connectivity index (χ0) is 15.1. The molecule has 0 unspecified atom stereocenters. The SMILES string of the molecule is CCOC(=O)N1CCC([NH2+]C2C3CC4CC(C3)CC2C4)CC1. The largest absolute Gasteiger partial charge is 0.450 e. The summed E-state index contributed by atoms with van der Waals surface area (Å²) in [6, 6.07) is 1.63. The Morgan fingerprint density at radius 3 is 2.18 bits per heavy atom. The Labute approximate surface area is 134 Å². The average Bonchev–Trinajstić information content (AvgIpc) is 2.51. The van der Waals surface area contributed by atoms with Crippen molar-refractivity contribution in [2.24, 2.45) is 23.7 Å². The minimum atomic E-state index is -0.115. The van der Waals surface area contributed by atoms with E-state index in [-0.39, 0.29) is 6.09 Å². The van der Waals surface area contributed by atoms with Crippen LogP contribution in [0.25, 0.3) is 0 Å². The van der Waals surface area contributed by atoms with Crippen molar-refractivity contribution in [1.29, 1.82) is 0 Å². The Balaban J connectivity index is 1.29. The van der Waals surface area contributed by atoms with Crippen molar-refractivity contribution >= 4 is 6.09 Å². The highest BCUT2D eigenvalue weighted by Crippen LogP contribution is 2.52. The summed E-state index contributed by atoms with van der Waals surface area (Å²) in [5.74, 6) is 4.13. The van der Waals surface area contributed by atoms with E-state index in [1.165, 1.54) is 32.1 Å². The van der Waals surface area contributed by atoms with Gasteiger partial charge in [-0.3, -0.25) is 0 Å². The van der Waals surface area contributed by atoms with Crippen LogP contribution in [0.2, 0.25) is 0 Å². The number of piperidine rings is 1. The van der Waals surface area contributed by atoms with E-state index >= 15 is 0 Å². The standard InChI is InChI=1S/C18H30N2O2/c1-2-22-18(21)20-5-3-16(4-6-20)19-17-14-8-12-7-13(10-14)11-15(17)9-12/h12-17,19H,2-11H2,1H3/p+1. The van der Waals surface area contributed by atoms with Crippen molar-refractivity contribution in [3.63, 3.8) is 0 Å². The highest BCUT2D eigenvalue weighted by atomic mass is 16.6. The maximum Gasteiger partial charge on any atom is 0.409 e. The van der Waals surface area contributed by atoms with Crippen molar-refractivity contribution in [3.8, 4) is 0 Å². The van der Waals surface area contributed by atoms with Crippen LogP contribution in [0.3, 0.4) is 0 Å². The van der Waals surface area contributed by atoms with Crippen LogP contribution in [0, 0.1) is 23.7 Å². The Kier molecular flexibility index (Phi) is 4.05. The molecule has 0 spiro atoms. The van der Waals surface area contributed by atoms with E-state index in [0.717, 1.165) is 61.7 Å². The van der Waals surface area contributed by atoms with Gasteiger partial charge in [0.2, 0.25) is 0 Å². The summed E-state index contributed by atoms with van der Waals surface area (Å²) in [6.45, 7) is 4.13. The van der Waals surface area contributed by atoms with Crippen LogP contribution in [0.15, 0.2) is 0 Å². The molecule has 1 saturated heterocycles. The van der Waals surface area contributed by atoms with Crippen molar-refractivity contribution in [3.05, 3.63) is 0 Å². The Hall–Kier alpha value is -0.770. The molecule has 2 N–H and O–H groups in total. The van der Waals surface area contributed by atoms with E-state index in [0.29, 0.717) is 6.61 Å². The smallest absolute Gasteiger partial charge is 0.409 e. The van der Waals surface area contributed by atoms with Crippen LogP contribution in [0.4, 0.5) is 4.79 Å². The first-order valence-corrected chi connectivity index (χ1v) is 9.49. The van der Waals surface area contributed by atoms with Gasteiger partial charge < -0.3 is 15.0 Å². The molecule has 124 valence electrons. The summed E-state index contributed by atoms with van der Waals surface area (Å²) < 4.78 is 5.12. The van der Waals surface area contributed by atoms with E-state index in [4.69, 9.17) is 4.74 Å². The van der Waals surface area contributed by atoms with Gasteiger partial charge in [-0.15, -0.1) is 0 Å². The van der Waals surface area contributed by atoms with Crippen molar-refractivity contribution in [2.75, 3.05) is 19.7 Å². The molecule has 0 aromatic rings. The van der Waals surface area contributed by atoms with E-state index in [2.05, 4.69) is 5.32 Å². The monoisotopic (exact) mass is 307 g/mol. The lowest BCUT2D eigenvalue weighted by Crippen LogP contribution is -2.99. The molecule has 5 rings (SSSR count). The second-order valence-electron chi connectivity index (χ2n) is 8.22. The van der Waals surface area contributed by atoms with Crippen LogP contribution in [0.1, 0.15) is 51.9 Å². The van der Waals surface area contributed by atoms with Gasteiger partial charge in [-0.2, -0.15) is 0 Å². The maximum atomic E-state index is 11.8. The molecule has 1 amide bonds. The highest BCUT2D eigenvalue weighted by molar-refractivity contribution is 5.67. The number of hydrogen-bond acceptors (Lipinski definition) is 2. The summed E-state index contributed by atoms with van der Waals surface area (Å²) in [6.07, 6.45) is 9.74. The van der Waals surface area contributed by atoms with E-state index in [9.17, 15) is 4.79 Å². The number of quaternary nitrogens is 1. The highest BCUT2D eigenvalue weighted by Gasteiger charge is 2.50. The fraction of sp³-hybridized carbons (Fsp3) is 0.944. The molecule has 22 heavy (non-hydrogen) atoms. The lowest BCUT2D eigenvalue weighted by molar-refractivity contribution is -0.741. The minimum absolute atomic E-state index is 0.115. The normalized spacial score (nSPS) is 41.0. The van der Waals surface area contributed by atoms with Gasteiger partial charge in [-0.1, -0.05) is 0 Å². The molecule has 1 heterocycles. The molecule has 0 aromatic carbocycles. The van der Waals surface area contributed by atoms with E-state index in [1.54, 1.807) is 0 Å². The quantitative estimate of drug-likeness (QED) is 0.867. The fourth-order valence-electron chi connectivity index (χ4n) is 6.09. The molecule has 4 nitrogen and oxygen atoms in total. The third-order valence-electron chi connectivity index (χ3n) is 6.86. The number of nitrogens with two attached hydrogens (primary N) is 1. The van der Waals surface area contributed by atoms with Crippen LogP contribution in [-0.4, -0.2) is 42.8 Å². The molecule has 0 aromatic heterocycles. The first kappa shape index (κ1) is 14.8. The second-order valence-corrected chi connectivity index (χ2v) is 8.22. The molecule has 5 aliphatic rings. The van der Waals surface area contributed by atoms with E-state index < -0.39 is 0 Å². The minimum Gasteiger partial charge on any atom is -0.450 e. The maximum absolute atomic E-state index is 11.8. The lowest BCUT2D eigenvalue weighted by Gasteiger charge is -2.53. The van der Waals surface area contributed by atoms with Gasteiger partial charge in [0.05, 0.1) is 18.7 Å². The summed E-state index contributed by atoms with van der Waals surface area (Å²) in [7, 11) is 0. The molecule has 4 heteroatoms. The van der Waals surface area contributed by atoms with Gasteiger partial charge in [-0.05, 0) is 50.9 Å². The van der Waals surface area contributed by atoms with Gasteiger partial charge in [0.1, 0.15) is 0 Å². The van der Waals surface area contributed by atoms with Gasteiger partial charge in [0, 0.05) is 37.8 Å². The number of carbonyl (C=O) groups excluding carboxylic acids is 1. The van der Waals surface area contributed by atoms with Crippen LogP contribution >= 0.6 is 0 Å². The van der Waals surface area contributed by atoms with Crippen LogP contribution in [0.5, 0.6) is 0 Å². The van der Waals surface area contributed by atoms with Gasteiger partial charge in [0.25, 0.3) is 0 Å². The summed E-state index contributed by atoms with van der Waals surface area (Å²) in [4.78, 5) is 13.7. The first-order chi connectivity index (χ1) is 10.7. The number of rotatable bonds is 3. The Morgan fingerprint density at radius 1 is 1.05 bits per heavy atom. The predicted molar refractivity (Wildman–Crippen MR) is 84.4 cm³/mol. The Bertz CT molecular complexity index is 389. The van der Waals surface area contributed by atoms with E-state index in [1.807, 2.05) is 11.8 Å². The molecule has 5 fully saturated rings. The molecule has 4 aliphatic carbocycles. The van der Waals surface area contributed by atoms with Crippen molar-refractivity contribution in [2.45, 2.75) is 64.0 Å². The van der Waals surface area contributed by atoms with Gasteiger partial charge >= 0.3 is 6.09 Å². The third kappa shape index (κ3) is 2.75. The van der Waals surface area contributed by atoms with Crippen LogP contribution < -0.4 is 5.32 Å². The molecule has 0 radical (unpaired) electrons. The average molecular weight is 307 g/mol. The summed E-state index contributed by atoms with van der Waals surface area (Å²) in [5, 5.41) is 2.73. The number of likely N-dealkylation sites (tertiary alicyclic amines) is 1. The summed E-state index contributed by atoms with van der Waals surface area (Å²) >= 11 is 0. The lowest BCUT2D eigenvalue weighted by atomic mass is 9.54. The zero-order valence-electron chi connectivity index (χ0n) is 13.9. The van der Waals surface area contributed by atoms with Gasteiger partial charge in [-0.25, -0.2) is 4.79 Å². The molecule has 4 bridgehead atoms. The molecule has 1 aliphatic heterocycles. The van der Waals surface area contributed by atoms with Crippen molar-refractivity contribution < 1.29 is 14.8 Å². The van der Waals surface area contributed by atoms with Crippen LogP contribution in [-0.2, 0) is 4.74 Å². The second kappa shape index (κ2) is 6.03. The van der Waals surface area contributed by atoms with Gasteiger partial charge in [0.15, 0.2) is 0 Å². The summed E-state index contributed by atoms with van der Waals surface area (Å²) in [5.41, 5.74) is 0. The first-order valence-electron chi connectivity index (χ1n) is 9.49. The number of carbonyl (C=O) groups is 1.